The molecule has 0 unspecified atom stereocenters. The average molecular weight is 453 g/mol. The Morgan fingerprint density at radius 1 is 1.13 bits per heavy atom. The van der Waals surface area contributed by atoms with E-state index in [1.54, 1.807) is 6.92 Å². The number of sulfone groups is 2. The van der Waals surface area contributed by atoms with E-state index in [1.807, 2.05) is 0 Å². The van der Waals surface area contributed by atoms with E-state index in [4.69, 9.17) is 5.11 Å². The van der Waals surface area contributed by atoms with Crippen LogP contribution in [-0.2, 0) is 35.7 Å². The van der Waals surface area contributed by atoms with E-state index < -0.39 is 31.6 Å². The number of carbonyl (C=O) groups excluding carboxylic acids is 1. The van der Waals surface area contributed by atoms with E-state index in [2.05, 4.69) is 10.3 Å². The number of benzene rings is 1. The molecule has 160 valence electrons. The third-order valence-corrected chi connectivity index (χ3v) is 7.12. The quantitative estimate of drug-likeness (QED) is 0.564. The summed E-state index contributed by atoms with van der Waals surface area (Å²) in [5.41, 5.74) is 1.82. The molecule has 9 nitrogen and oxygen atoms in total. The first-order valence-electron chi connectivity index (χ1n) is 8.80. The van der Waals surface area contributed by atoms with E-state index in [-0.39, 0.29) is 39.5 Å². The molecule has 2 aromatic rings. The number of aromatic nitrogens is 1. The molecule has 0 saturated carbocycles. The summed E-state index contributed by atoms with van der Waals surface area (Å²) in [6.45, 7) is 1.55. The number of anilines is 1. The van der Waals surface area contributed by atoms with Crippen molar-refractivity contribution in [1.29, 1.82) is 0 Å². The molecule has 1 aromatic carbocycles. The lowest BCUT2D eigenvalue weighted by Crippen LogP contribution is -2.06. The van der Waals surface area contributed by atoms with Crippen molar-refractivity contribution < 1.29 is 31.5 Å². The first kappa shape index (κ1) is 21.8. The number of aliphatic carboxylic acids is 1. The van der Waals surface area contributed by atoms with Gasteiger partial charge < -0.3 is 15.4 Å². The van der Waals surface area contributed by atoms with Gasteiger partial charge in [0.25, 0.3) is 5.91 Å². The van der Waals surface area contributed by atoms with Crippen LogP contribution in [0.15, 0.2) is 28.0 Å². The summed E-state index contributed by atoms with van der Waals surface area (Å²) in [7, 11) is -7.16. The number of carbonyl (C=O) groups is 2. The predicted molar refractivity (Wildman–Crippen MR) is 111 cm³/mol. The molecule has 1 amide bonds. The van der Waals surface area contributed by atoms with E-state index in [1.165, 1.54) is 24.3 Å². The van der Waals surface area contributed by atoms with Crippen LogP contribution in [0.1, 0.15) is 28.9 Å². The standard InChI is InChI=1S/C19H20N2O7S2/c1-10-18(30(3,27)28)12(5-7-17(22)23)16(20-10)9-14-13-8-11(29(2,25)26)4-6-15(13)21-19(14)24/h4,6,8-9,20H,5,7H2,1-3H3,(H,21,24)(H,22,23). The smallest absolute Gasteiger partial charge is 0.303 e. The van der Waals surface area contributed by atoms with Gasteiger partial charge in [0.15, 0.2) is 19.7 Å². The van der Waals surface area contributed by atoms with Crippen LogP contribution in [0.5, 0.6) is 0 Å². The number of carboxylic acids is 1. The Labute approximate surface area is 173 Å². The van der Waals surface area contributed by atoms with Gasteiger partial charge in [-0.25, -0.2) is 16.8 Å². The Hall–Kier alpha value is -2.92. The molecule has 0 spiro atoms. The molecule has 1 aliphatic rings. The van der Waals surface area contributed by atoms with Crippen molar-refractivity contribution in [1.82, 2.24) is 4.98 Å². The summed E-state index contributed by atoms with van der Waals surface area (Å²) in [6.07, 6.45) is 3.15. The number of amides is 1. The predicted octanol–water partition coefficient (Wildman–Crippen LogP) is 1.64. The normalized spacial score (nSPS) is 15.3. The molecule has 0 aliphatic carbocycles. The van der Waals surface area contributed by atoms with Gasteiger partial charge >= 0.3 is 5.97 Å². The molecule has 11 heteroatoms. The van der Waals surface area contributed by atoms with Crippen LogP contribution in [0.4, 0.5) is 5.69 Å². The fraction of sp³-hybridized carbons (Fsp3) is 0.263. The fourth-order valence-corrected chi connectivity index (χ4v) is 5.39. The molecule has 0 bridgehead atoms. The minimum Gasteiger partial charge on any atom is -0.481 e. The molecule has 1 aromatic heterocycles. The summed E-state index contributed by atoms with van der Waals surface area (Å²) in [5, 5.41) is 11.7. The number of hydrogen-bond acceptors (Lipinski definition) is 6. The molecule has 0 fully saturated rings. The molecule has 3 N–H and O–H groups in total. The Morgan fingerprint density at radius 2 is 1.80 bits per heavy atom. The highest BCUT2D eigenvalue weighted by Gasteiger charge is 2.28. The molecule has 3 rings (SSSR count). The van der Waals surface area contributed by atoms with Crippen molar-refractivity contribution in [2.75, 3.05) is 17.8 Å². The van der Waals surface area contributed by atoms with Gasteiger partial charge in [0, 0.05) is 41.6 Å². The highest BCUT2D eigenvalue weighted by molar-refractivity contribution is 7.91. The van der Waals surface area contributed by atoms with Gasteiger partial charge in [-0.3, -0.25) is 9.59 Å². The summed E-state index contributed by atoms with van der Waals surface area (Å²) in [4.78, 5) is 26.5. The monoisotopic (exact) mass is 452 g/mol. The van der Waals surface area contributed by atoms with Gasteiger partial charge in [-0.2, -0.15) is 0 Å². The zero-order valence-corrected chi connectivity index (χ0v) is 18.1. The second-order valence-corrected chi connectivity index (χ2v) is 11.1. The highest BCUT2D eigenvalue weighted by Crippen LogP contribution is 2.36. The minimum absolute atomic E-state index is 0.000819. The van der Waals surface area contributed by atoms with Crippen LogP contribution >= 0.6 is 0 Å². The minimum atomic E-state index is -3.66. The third-order valence-electron chi connectivity index (χ3n) is 4.71. The fourth-order valence-electron chi connectivity index (χ4n) is 3.47. The molecule has 0 radical (unpaired) electrons. The number of H-pyrrole nitrogens is 1. The van der Waals surface area contributed by atoms with Crippen molar-refractivity contribution in [3.63, 3.8) is 0 Å². The summed E-state index contributed by atoms with van der Waals surface area (Å²) in [6, 6.07) is 4.24. The summed E-state index contributed by atoms with van der Waals surface area (Å²) in [5.74, 6) is -1.57. The van der Waals surface area contributed by atoms with Crippen LogP contribution in [0.2, 0.25) is 0 Å². The Balaban J connectivity index is 2.21. The van der Waals surface area contributed by atoms with E-state index in [9.17, 15) is 26.4 Å². The molecule has 0 atom stereocenters. The molecule has 2 heterocycles. The Kier molecular flexibility index (Phi) is 5.37. The Morgan fingerprint density at radius 3 is 2.37 bits per heavy atom. The van der Waals surface area contributed by atoms with Gasteiger partial charge in [-0.15, -0.1) is 0 Å². The topological polar surface area (TPSA) is 150 Å². The zero-order valence-electron chi connectivity index (χ0n) is 16.4. The lowest BCUT2D eigenvalue weighted by atomic mass is 10.0. The maximum absolute atomic E-state index is 12.5. The van der Waals surface area contributed by atoms with Crippen molar-refractivity contribution in [3.05, 3.63) is 40.7 Å². The second kappa shape index (κ2) is 7.40. The number of fused-ring (bicyclic) bond motifs is 1. The van der Waals surface area contributed by atoms with E-state index in [0.29, 0.717) is 16.9 Å². The SMILES string of the molecule is Cc1[nH]c(C=C2C(=O)Nc3ccc(S(C)(=O)=O)cc32)c(CCC(=O)O)c1S(C)(=O)=O. The van der Waals surface area contributed by atoms with Crippen LogP contribution in [-0.4, -0.2) is 51.3 Å². The van der Waals surface area contributed by atoms with Crippen molar-refractivity contribution in [3.8, 4) is 0 Å². The molecule has 0 saturated heterocycles. The molecular formula is C19H20N2O7S2. The van der Waals surface area contributed by atoms with Gasteiger partial charge in [0.1, 0.15) is 0 Å². The number of hydrogen-bond donors (Lipinski definition) is 3. The largest absolute Gasteiger partial charge is 0.481 e. The molecular weight excluding hydrogens is 432 g/mol. The van der Waals surface area contributed by atoms with Gasteiger partial charge in [0.05, 0.1) is 15.4 Å². The lowest BCUT2D eigenvalue weighted by molar-refractivity contribution is -0.137. The number of aryl methyl sites for hydroxylation is 1. The molecule has 30 heavy (non-hydrogen) atoms. The van der Waals surface area contributed by atoms with Crippen molar-refractivity contribution >= 4 is 48.9 Å². The third kappa shape index (κ3) is 4.17. The maximum Gasteiger partial charge on any atom is 0.303 e. The van der Waals surface area contributed by atoms with Crippen LogP contribution < -0.4 is 5.32 Å². The van der Waals surface area contributed by atoms with Crippen molar-refractivity contribution in [2.24, 2.45) is 0 Å². The van der Waals surface area contributed by atoms with Gasteiger partial charge in [-0.1, -0.05) is 0 Å². The van der Waals surface area contributed by atoms with Crippen molar-refractivity contribution in [2.45, 2.75) is 29.6 Å². The number of rotatable bonds is 6. The van der Waals surface area contributed by atoms with E-state index in [0.717, 1.165) is 12.5 Å². The van der Waals surface area contributed by atoms with Crippen LogP contribution in [0, 0.1) is 6.92 Å². The number of carboxylic acid groups (broad SMARTS) is 1. The summed E-state index contributed by atoms with van der Waals surface area (Å²) >= 11 is 0. The molecule has 1 aliphatic heterocycles. The lowest BCUT2D eigenvalue weighted by Gasteiger charge is -2.05. The Bertz CT molecular complexity index is 1320. The highest BCUT2D eigenvalue weighted by atomic mass is 32.2. The van der Waals surface area contributed by atoms with E-state index >= 15 is 0 Å². The number of aromatic amines is 1. The van der Waals surface area contributed by atoms with Crippen LogP contribution in [0.3, 0.4) is 0 Å². The summed E-state index contributed by atoms with van der Waals surface area (Å²) < 4.78 is 48.3. The maximum atomic E-state index is 12.5. The van der Waals surface area contributed by atoms with Gasteiger partial charge in [-0.05, 0) is 43.2 Å². The average Bonchev–Trinajstić information content (AvgIpc) is 3.08. The van der Waals surface area contributed by atoms with Crippen LogP contribution in [0.25, 0.3) is 11.6 Å². The second-order valence-electron chi connectivity index (χ2n) is 7.13. The first-order valence-corrected chi connectivity index (χ1v) is 12.6. The first-order chi connectivity index (χ1) is 13.8. The zero-order chi connectivity index (χ0) is 22.4. The van der Waals surface area contributed by atoms with Gasteiger partial charge in [0.2, 0.25) is 0 Å². The number of nitrogens with one attached hydrogen (secondary N) is 2.